The van der Waals surface area contributed by atoms with E-state index in [1.54, 1.807) is 17.4 Å². The molecule has 0 aliphatic heterocycles. The highest BCUT2D eigenvalue weighted by atomic mass is 35.5. The fraction of sp³-hybridized carbons (Fsp3) is 0.286. The van der Waals surface area contributed by atoms with Crippen molar-refractivity contribution in [1.29, 1.82) is 0 Å². The normalized spacial score (nSPS) is 13.0. The molecule has 2 heterocycles. The number of fused-ring (bicyclic) bond motifs is 1. The Bertz CT molecular complexity index is 765. The van der Waals surface area contributed by atoms with Crippen LogP contribution in [-0.2, 0) is 5.88 Å². The fourth-order valence-electron chi connectivity index (χ4n) is 2.32. The number of halogens is 2. The number of hydrogen-bond acceptors (Lipinski definition) is 3. The lowest BCUT2D eigenvalue weighted by Crippen LogP contribution is -2.09. The van der Waals surface area contributed by atoms with Crippen molar-refractivity contribution in [3.8, 4) is 0 Å². The summed E-state index contributed by atoms with van der Waals surface area (Å²) in [7, 11) is 0. The molecule has 1 aromatic carbocycles. The number of imidazole rings is 1. The lowest BCUT2D eigenvalue weighted by molar-refractivity contribution is 0.624. The molecule has 0 bridgehead atoms. The summed E-state index contributed by atoms with van der Waals surface area (Å²) in [6.07, 6.45) is 1.86. The van der Waals surface area contributed by atoms with Crippen LogP contribution < -0.4 is 0 Å². The van der Waals surface area contributed by atoms with Gasteiger partial charge in [-0.15, -0.1) is 22.9 Å². The van der Waals surface area contributed by atoms with Gasteiger partial charge >= 0.3 is 0 Å². The molecule has 0 radical (unpaired) electrons. The van der Waals surface area contributed by atoms with Crippen molar-refractivity contribution in [3.05, 3.63) is 45.9 Å². The zero-order valence-corrected chi connectivity index (χ0v) is 12.7. The number of hydrogen-bond donors (Lipinski definition) is 0. The summed E-state index contributed by atoms with van der Waals surface area (Å²) in [5.74, 6) is 0.721. The molecule has 20 heavy (non-hydrogen) atoms. The Morgan fingerprint density at radius 1 is 1.45 bits per heavy atom. The topological polar surface area (TPSA) is 30.7 Å². The van der Waals surface area contributed by atoms with Gasteiger partial charge in [0.1, 0.15) is 16.6 Å². The Kier molecular flexibility index (Phi) is 3.48. The van der Waals surface area contributed by atoms with Crippen LogP contribution >= 0.6 is 22.9 Å². The van der Waals surface area contributed by atoms with Crippen LogP contribution in [0.3, 0.4) is 0 Å². The average Bonchev–Trinajstić information content (AvgIpc) is 3.00. The van der Waals surface area contributed by atoms with E-state index in [1.165, 1.54) is 12.1 Å². The van der Waals surface area contributed by atoms with Gasteiger partial charge in [-0.2, -0.15) is 0 Å². The molecule has 0 N–H and O–H groups in total. The van der Waals surface area contributed by atoms with Crippen LogP contribution in [0.4, 0.5) is 4.39 Å². The van der Waals surface area contributed by atoms with Crippen molar-refractivity contribution in [2.45, 2.75) is 25.8 Å². The molecular formula is C14H13ClFN3S. The number of alkyl halides is 1. The molecule has 0 saturated heterocycles. The molecule has 1 unspecified atom stereocenters. The standard InChI is InChI=1S/C14H13ClFN3S/c1-8-7-17-14(20-8)9(2)19-12-4-3-10(16)5-11(12)18-13(19)6-15/h3-5,7,9H,6H2,1-2H3. The van der Waals surface area contributed by atoms with Gasteiger partial charge in [-0.3, -0.25) is 0 Å². The van der Waals surface area contributed by atoms with E-state index in [0.29, 0.717) is 5.52 Å². The largest absolute Gasteiger partial charge is 0.317 e. The summed E-state index contributed by atoms with van der Waals surface area (Å²) < 4.78 is 15.3. The zero-order valence-electron chi connectivity index (χ0n) is 11.1. The van der Waals surface area contributed by atoms with Crippen LogP contribution in [0.15, 0.2) is 24.4 Å². The van der Waals surface area contributed by atoms with Gasteiger partial charge in [0.05, 0.1) is 23.0 Å². The first-order valence-electron chi connectivity index (χ1n) is 6.25. The summed E-state index contributed by atoms with van der Waals surface area (Å²) >= 11 is 7.63. The third-order valence-electron chi connectivity index (χ3n) is 3.23. The minimum Gasteiger partial charge on any atom is -0.317 e. The predicted octanol–water partition coefficient (Wildman–Crippen LogP) is 4.29. The molecule has 0 spiro atoms. The average molecular weight is 310 g/mol. The summed E-state index contributed by atoms with van der Waals surface area (Å²) in [5.41, 5.74) is 1.50. The van der Waals surface area contributed by atoms with E-state index in [1.807, 2.05) is 17.7 Å². The van der Waals surface area contributed by atoms with E-state index in [4.69, 9.17) is 11.6 Å². The van der Waals surface area contributed by atoms with Crippen molar-refractivity contribution < 1.29 is 4.39 Å². The summed E-state index contributed by atoms with van der Waals surface area (Å²) in [6, 6.07) is 4.64. The van der Waals surface area contributed by atoms with Gasteiger partial charge in [0, 0.05) is 17.1 Å². The third-order valence-corrected chi connectivity index (χ3v) is 4.55. The second-order valence-electron chi connectivity index (χ2n) is 4.65. The zero-order chi connectivity index (χ0) is 14.3. The molecule has 0 saturated carbocycles. The Hall–Kier alpha value is -1.46. The Morgan fingerprint density at radius 3 is 2.90 bits per heavy atom. The molecule has 1 atom stereocenters. The van der Waals surface area contributed by atoms with Crippen molar-refractivity contribution in [2.24, 2.45) is 0 Å². The van der Waals surface area contributed by atoms with Crippen LogP contribution in [0.5, 0.6) is 0 Å². The van der Waals surface area contributed by atoms with E-state index < -0.39 is 0 Å². The van der Waals surface area contributed by atoms with Gasteiger partial charge in [0.25, 0.3) is 0 Å². The third kappa shape index (κ3) is 2.21. The lowest BCUT2D eigenvalue weighted by Gasteiger charge is -2.14. The monoisotopic (exact) mass is 309 g/mol. The minimum atomic E-state index is -0.291. The SMILES string of the molecule is Cc1cnc(C(C)n2c(CCl)nc3cc(F)ccc32)s1. The van der Waals surface area contributed by atoms with E-state index in [-0.39, 0.29) is 17.7 Å². The smallest absolute Gasteiger partial charge is 0.125 e. The maximum atomic E-state index is 13.3. The number of benzene rings is 1. The number of aryl methyl sites for hydroxylation is 1. The maximum absolute atomic E-state index is 13.3. The maximum Gasteiger partial charge on any atom is 0.125 e. The molecule has 3 nitrogen and oxygen atoms in total. The predicted molar refractivity (Wildman–Crippen MR) is 79.9 cm³/mol. The highest BCUT2D eigenvalue weighted by Gasteiger charge is 2.19. The molecule has 0 aliphatic carbocycles. The summed E-state index contributed by atoms with van der Waals surface area (Å²) in [5, 5.41) is 0.998. The van der Waals surface area contributed by atoms with Gasteiger partial charge in [-0.25, -0.2) is 14.4 Å². The first kappa shape index (κ1) is 13.5. The summed E-state index contributed by atoms with van der Waals surface area (Å²) in [4.78, 5) is 10.00. The highest BCUT2D eigenvalue weighted by Crippen LogP contribution is 2.29. The summed E-state index contributed by atoms with van der Waals surface area (Å²) in [6.45, 7) is 4.08. The quantitative estimate of drug-likeness (QED) is 0.676. The van der Waals surface area contributed by atoms with Gasteiger partial charge in [0.2, 0.25) is 0 Å². The van der Waals surface area contributed by atoms with E-state index >= 15 is 0 Å². The first-order chi connectivity index (χ1) is 9.60. The Balaban J connectivity index is 2.18. The molecule has 104 valence electrons. The van der Waals surface area contributed by atoms with E-state index in [0.717, 1.165) is 21.2 Å². The van der Waals surface area contributed by atoms with Crippen molar-refractivity contribution >= 4 is 34.0 Å². The van der Waals surface area contributed by atoms with Gasteiger partial charge < -0.3 is 4.57 Å². The highest BCUT2D eigenvalue weighted by molar-refractivity contribution is 7.11. The second-order valence-corrected chi connectivity index (χ2v) is 6.18. The van der Waals surface area contributed by atoms with E-state index in [2.05, 4.69) is 16.9 Å². The van der Waals surface area contributed by atoms with Gasteiger partial charge in [-0.05, 0) is 26.0 Å². The van der Waals surface area contributed by atoms with Crippen molar-refractivity contribution in [2.75, 3.05) is 0 Å². The van der Waals surface area contributed by atoms with Crippen LogP contribution in [0, 0.1) is 12.7 Å². The molecule has 3 rings (SSSR count). The number of aromatic nitrogens is 3. The molecule has 2 aromatic heterocycles. The van der Waals surface area contributed by atoms with Crippen molar-refractivity contribution in [1.82, 2.24) is 14.5 Å². The molecule has 0 amide bonds. The Morgan fingerprint density at radius 2 is 2.25 bits per heavy atom. The molecule has 3 aromatic rings. The molecule has 0 aliphatic rings. The fourth-order valence-corrected chi connectivity index (χ4v) is 3.33. The second kappa shape index (κ2) is 5.14. The van der Waals surface area contributed by atoms with Crippen LogP contribution in [0.1, 0.15) is 28.7 Å². The number of nitrogens with zero attached hydrogens (tertiary/aromatic N) is 3. The number of rotatable bonds is 3. The van der Waals surface area contributed by atoms with Gasteiger partial charge in [-0.1, -0.05) is 0 Å². The Labute approximate surface area is 125 Å². The van der Waals surface area contributed by atoms with Crippen molar-refractivity contribution in [3.63, 3.8) is 0 Å². The van der Waals surface area contributed by atoms with Crippen LogP contribution in [0.2, 0.25) is 0 Å². The van der Waals surface area contributed by atoms with Crippen LogP contribution in [-0.4, -0.2) is 14.5 Å². The lowest BCUT2D eigenvalue weighted by atomic mass is 10.2. The van der Waals surface area contributed by atoms with Gasteiger partial charge in [0.15, 0.2) is 0 Å². The molecular weight excluding hydrogens is 297 g/mol. The van der Waals surface area contributed by atoms with Crippen LogP contribution in [0.25, 0.3) is 11.0 Å². The first-order valence-corrected chi connectivity index (χ1v) is 7.60. The molecule has 0 fully saturated rings. The minimum absolute atomic E-state index is 0.0258. The van der Waals surface area contributed by atoms with E-state index in [9.17, 15) is 4.39 Å². The number of thiazole rings is 1. The molecule has 6 heteroatoms.